The fourth-order valence-electron chi connectivity index (χ4n) is 1.99. The van der Waals surface area contributed by atoms with Crippen LogP contribution in [-0.4, -0.2) is 41.4 Å². The monoisotopic (exact) mass is 332 g/mol. The second-order valence-corrected chi connectivity index (χ2v) is 5.00. The molecule has 0 saturated heterocycles. The molecule has 1 heterocycles. The van der Waals surface area contributed by atoms with Crippen LogP contribution in [0.3, 0.4) is 0 Å². The molecular formula is C15H16N4O5. The molecule has 9 heteroatoms. The zero-order valence-corrected chi connectivity index (χ0v) is 12.9. The third-order valence-corrected chi connectivity index (χ3v) is 3.22. The van der Waals surface area contributed by atoms with E-state index >= 15 is 0 Å². The normalized spacial score (nSPS) is 16.6. The topological polar surface area (TPSA) is 129 Å². The molecule has 0 aromatic heterocycles. The van der Waals surface area contributed by atoms with E-state index in [1.807, 2.05) is 0 Å². The van der Waals surface area contributed by atoms with Crippen molar-refractivity contribution in [1.82, 2.24) is 10.9 Å². The van der Waals surface area contributed by atoms with Gasteiger partial charge in [0, 0.05) is 17.7 Å². The lowest BCUT2D eigenvalue weighted by atomic mass is 10.0. The van der Waals surface area contributed by atoms with Crippen LogP contribution >= 0.6 is 0 Å². The molecule has 0 bridgehead atoms. The Morgan fingerprint density at radius 1 is 1.46 bits per heavy atom. The molecule has 1 aliphatic heterocycles. The summed E-state index contributed by atoms with van der Waals surface area (Å²) in [6.45, 7) is 1.18. The van der Waals surface area contributed by atoms with Crippen LogP contribution in [-0.2, 0) is 14.4 Å². The molecule has 126 valence electrons. The van der Waals surface area contributed by atoms with E-state index in [2.05, 4.69) is 21.1 Å². The van der Waals surface area contributed by atoms with Crippen molar-refractivity contribution < 1.29 is 24.2 Å². The highest BCUT2D eigenvalue weighted by atomic mass is 16.5. The number of hydrazone groups is 2. The Hall–Kier alpha value is -3.23. The first-order chi connectivity index (χ1) is 11.5. The fourth-order valence-corrected chi connectivity index (χ4v) is 1.99. The number of benzene rings is 1. The van der Waals surface area contributed by atoms with E-state index in [0.29, 0.717) is 17.0 Å². The number of rotatable bonds is 7. The number of nitrogens with one attached hydrogen (secondary N) is 2. The van der Waals surface area contributed by atoms with Crippen molar-refractivity contribution in [2.75, 3.05) is 6.61 Å². The highest BCUT2D eigenvalue weighted by Crippen LogP contribution is 2.15. The van der Waals surface area contributed by atoms with Gasteiger partial charge in [0.25, 0.3) is 0 Å². The first-order valence-electron chi connectivity index (χ1n) is 7.07. The number of carboxylic acid groups (broad SMARTS) is 1. The molecule has 2 amide bonds. The Kier molecular flexibility index (Phi) is 5.61. The van der Waals surface area contributed by atoms with Crippen molar-refractivity contribution in [1.29, 1.82) is 0 Å². The summed E-state index contributed by atoms with van der Waals surface area (Å²) in [5.41, 5.74) is 5.68. The average molecular weight is 332 g/mol. The van der Waals surface area contributed by atoms with Crippen molar-refractivity contribution in [2.45, 2.75) is 13.3 Å². The van der Waals surface area contributed by atoms with Crippen LogP contribution in [0.4, 0.5) is 0 Å². The summed E-state index contributed by atoms with van der Waals surface area (Å²) < 4.78 is 5.12. The number of para-hydroxylation sites is 1. The van der Waals surface area contributed by atoms with Gasteiger partial charge in [0.2, 0.25) is 11.8 Å². The first-order valence-corrected chi connectivity index (χ1v) is 7.07. The molecule has 1 aromatic rings. The Bertz CT molecular complexity index is 714. The molecule has 1 aromatic carbocycles. The van der Waals surface area contributed by atoms with E-state index in [1.54, 1.807) is 31.2 Å². The minimum atomic E-state index is -1.10. The lowest BCUT2D eigenvalue weighted by Crippen LogP contribution is -2.29. The van der Waals surface area contributed by atoms with Gasteiger partial charge in [0.1, 0.15) is 5.75 Å². The Morgan fingerprint density at radius 3 is 2.88 bits per heavy atom. The number of nitrogens with zero attached hydrogens (tertiary/aromatic N) is 2. The van der Waals surface area contributed by atoms with Crippen LogP contribution in [0.15, 0.2) is 34.5 Å². The Balaban J connectivity index is 1.92. The molecule has 1 atom stereocenters. The number of hydrogen-bond acceptors (Lipinski definition) is 6. The van der Waals surface area contributed by atoms with Gasteiger partial charge in [-0.3, -0.25) is 9.59 Å². The van der Waals surface area contributed by atoms with E-state index in [9.17, 15) is 14.4 Å². The SMILES string of the molecule is CC1=NNC(=O)C1CC(=O)N/N=C/c1ccccc1OCC(=O)O. The predicted molar refractivity (Wildman–Crippen MR) is 84.7 cm³/mol. The average Bonchev–Trinajstić information content (AvgIpc) is 2.86. The molecule has 0 saturated carbocycles. The zero-order valence-electron chi connectivity index (χ0n) is 12.9. The number of carboxylic acids is 1. The van der Waals surface area contributed by atoms with Gasteiger partial charge >= 0.3 is 5.97 Å². The van der Waals surface area contributed by atoms with Gasteiger partial charge in [-0.1, -0.05) is 12.1 Å². The molecule has 9 nitrogen and oxygen atoms in total. The number of hydrogen-bond donors (Lipinski definition) is 3. The number of aliphatic carboxylic acids is 1. The number of amides is 2. The Labute approximate surface area is 137 Å². The predicted octanol–water partition coefficient (Wildman–Crippen LogP) is 0.112. The third-order valence-electron chi connectivity index (χ3n) is 3.22. The van der Waals surface area contributed by atoms with Gasteiger partial charge in [0.05, 0.1) is 12.1 Å². The van der Waals surface area contributed by atoms with E-state index in [4.69, 9.17) is 9.84 Å². The molecule has 3 N–H and O–H groups in total. The maximum atomic E-state index is 11.8. The molecule has 2 rings (SSSR count). The van der Waals surface area contributed by atoms with Crippen LogP contribution in [0.2, 0.25) is 0 Å². The van der Waals surface area contributed by atoms with Gasteiger partial charge < -0.3 is 9.84 Å². The minimum Gasteiger partial charge on any atom is -0.481 e. The number of carbonyl (C=O) groups is 3. The quantitative estimate of drug-likeness (QED) is 0.482. The summed E-state index contributed by atoms with van der Waals surface area (Å²) in [6.07, 6.45) is 1.28. The minimum absolute atomic E-state index is 0.0599. The standard InChI is InChI=1S/C15H16N4O5/c1-9-11(15(23)19-17-9)6-13(20)18-16-7-10-4-2-3-5-12(10)24-8-14(21)22/h2-5,7,11H,6,8H2,1H3,(H,18,20)(H,19,23)(H,21,22)/b16-7+. The zero-order chi connectivity index (χ0) is 17.5. The lowest BCUT2D eigenvalue weighted by molar-refractivity contribution is -0.139. The number of ether oxygens (including phenoxy) is 1. The van der Waals surface area contributed by atoms with Crippen molar-refractivity contribution in [3.8, 4) is 5.75 Å². The first kappa shape index (κ1) is 17.1. The Morgan fingerprint density at radius 2 is 2.21 bits per heavy atom. The molecule has 1 unspecified atom stereocenters. The smallest absolute Gasteiger partial charge is 0.341 e. The molecule has 0 fully saturated rings. The molecule has 0 aliphatic carbocycles. The van der Waals surface area contributed by atoms with E-state index in [0.717, 1.165) is 0 Å². The van der Waals surface area contributed by atoms with Crippen LogP contribution in [0.25, 0.3) is 0 Å². The molecule has 24 heavy (non-hydrogen) atoms. The summed E-state index contributed by atoms with van der Waals surface area (Å²) in [5, 5.41) is 16.2. The van der Waals surface area contributed by atoms with E-state index in [-0.39, 0.29) is 12.3 Å². The summed E-state index contributed by atoms with van der Waals surface area (Å²) in [5.74, 6) is -2.12. The fraction of sp³-hybridized carbons (Fsp3) is 0.267. The molecule has 0 radical (unpaired) electrons. The van der Waals surface area contributed by atoms with Crippen molar-refractivity contribution in [3.63, 3.8) is 0 Å². The number of carbonyl (C=O) groups excluding carboxylic acids is 2. The molecule has 0 spiro atoms. The van der Waals surface area contributed by atoms with Crippen molar-refractivity contribution in [3.05, 3.63) is 29.8 Å². The highest BCUT2D eigenvalue weighted by Gasteiger charge is 2.28. The summed E-state index contributed by atoms with van der Waals surface area (Å²) in [6, 6.07) is 6.66. The van der Waals surface area contributed by atoms with Crippen molar-refractivity contribution in [2.24, 2.45) is 16.1 Å². The maximum absolute atomic E-state index is 11.8. The van der Waals surface area contributed by atoms with Gasteiger partial charge in [-0.05, 0) is 19.1 Å². The second kappa shape index (κ2) is 7.86. The molecular weight excluding hydrogens is 316 g/mol. The second-order valence-electron chi connectivity index (χ2n) is 5.00. The van der Waals surface area contributed by atoms with Crippen LogP contribution in [0.5, 0.6) is 5.75 Å². The third kappa shape index (κ3) is 4.63. The van der Waals surface area contributed by atoms with Gasteiger partial charge in [-0.15, -0.1) is 0 Å². The van der Waals surface area contributed by atoms with E-state index in [1.165, 1.54) is 6.21 Å². The van der Waals surface area contributed by atoms with E-state index < -0.39 is 24.4 Å². The molecule has 1 aliphatic rings. The van der Waals surface area contributed by atoms with Gasteiger partial charge in [-0.25, -0.2) is 15.6 Å². The van der Waals surface area contributed by atoms with Crippen LogP contribution in [0.1, 0.15) is 18.9 Å². The largest absolute Gasteiger partial charge is 0.481 e. The summed E-state index contributed by atoms with van der Waals surface area (Å²) in [4.78, 5) is 33.8. The van der Waals surface area contributed by atoms with Crippen molar-refractivity contribution >= 4 is 29.7 Å². The van der Waals surface area contributed by atoms with Gasteiger partial charge in [0.15, 0.2) is 6.61 Å². The summed E-state index contributed by atoms with van der Waals surface area (Å²) >= 11 is 0. The van der Waals surface area contributed by atoms with Gasteiger partial charge in [-0.2, -0.15) is 10.2 Å². The maximum Gasteiger partial charge on any atom is 0.341 e. The van der Waals surface area contributed by atoms with Crippen LogP contribution < -0.4 is 15.6 Å². The summed E-state index contributed by atoms with van der Waals surface area (Å²) in [7, 11) is 0. The lowest BCUT2D eigenvalue weighted by Gasteiger charge is -2.07. The van der Waals surface area contributed by atoms with Crippen LogP contribution in [0, 0.1) is 5.92 Å². The highest BCUT2D eigenvalue weighted by molar-refractivity contribution is 6.09.